The molecule has 2 aromatic rings. The number of fused-ring (bicyclic) bond motifs is 1. The van der Waals surface area contributed by atoms with Crippen LogP contribution >= 0.6 is 0 Å². The maximum atomic E-state index is 14.6. The van der Waals surface area contributed by atoms with Gasteiger partial charge in [0.2, 0.25) is 5.43 Å². The predicted octanol–water partition coefficient (Wildman–Crippen LogP) is 3.07. The number of halogens is 1. The van der Waals surface area contributed by atoms with Gasteiger partial charge in [-0.25, -0.2) is 9.18 Å². The number of hydrogen-bond donors (Lipinski definition) is 2. The van der Waals surface area contributed by atoms with Crippen LogP contribution < -0.4 is 10.7 Å². The van der Waals surface area contributed by atoms with Crippen molar-refractivity contribution in [2.75, 3.05) is 31.5 Å². The summed E-state index contributed by atoms with van der Waals surface area (Å²) in [5, 5.41) is 12.6. The molecule has 0 spiro atoms. The van der Waals surface area contributed by atoms with Crippen molar-refractivity contribution in [3.05, 3.63) is 39.9 Å². The average Bonchev–Trinajstić information content (AvgIpc) is 3.49. The molecule has 27 heavy (non-hydrogen) atoms. The molecule has 144 valence electrons. The summed E-state index contributed by atoms with van der Waals surface area (Å²) in [7, 11) is 0. The lowest BCUT2D eigenvalue weighted by Crippen LogP contribution is -2.33. The highest BCUT2D eigenvalue weighted by Gasteiger charge is 2.27. The van der Waals surface area contributed by atoms with E-state index in [-0.39, 0.29) is 17.0 Å². The minimum atomic E-state index is -1.28. The Balaban J connectivity index is 1.63. The molecular formula is C20H24FN3O3. The van der Waals surface area contributed by atoms with Crippen molar-refractivity contribution in [1.82, 2.24) is 9.47 Å². The molecule has 1 aliphatic carbocycles. The molecule has 6 nitrogen and oxygen atoms in total. The molecule has 0 atom stereocenters. The molecule has 7 heteroatoms. The van der Waals surface area contributed by atoms with E-state index in [1.165, 1.54) is 31.5 Å². The molecule has 2 N–H and O–H groups in total. The fourth-order valence-electron chi connectivity index (χ4n) is 3.84. The summed E-state index contributed by atoms with van der Waals surface area (Å²) >= 11 is 0. The Morgan fingerprint density at radius 2 is 1.96 bits per heavy atom. The molecule has 2 fully saturated rings. The summed E-state index contributed by atoms with van der Waals surface area (Å²) in [6, 6.07) is 3.00. The van der Waals surface area contributed by atoms with Gasteiger partial charge in [0, 0.05) is 30.7 Å². The summed E-state index contributed by atoms with van der Waals surface area (Å²) in [5.41, 5.74) is 0.0125. The molecule has 0 amide bonds. The van der Waals surface area contributed by atoms with E-state index >= 15 is 0 Å². The van der Waals surface area contributed by atoms with Gasteiger partial charge in [0.25, 0.3) is 0 Å². The first-order valence-corrected chi connectivity index (χ1v) is 9.62. The number of likely N-dealkylation sites (tertiary alicyclic amines) is 1. The van der Waals surface area contributed by atoms with Gasteiger partial charge in [0.15, 0.2) is 0 Å². The van der Waals surface area contributed by atoms with Crippen LogP contribution in [-0.4, -0.2) is 46.7 Å². The second kappa shape index (κ2) is 7.31. The largest absolute Gasteiger partial charge is 0.477 e. The first-order valence-electron chi connectivity index (χ1n) is 9.62. The van der Waals surface area contributed by atoms with Crippen molar-refractivity contribution in [2.24, 2.45) is 0 Å². The fourth-order valence-corrected chi connectivity index (χ4v) is 3.84. The monoisotopic (exact) mass is 373 g/mol. The van der Waals surface area contributed by atoms with Gasteiger partial charge in [-0.3, -0.25) is 4.79 Å². The van der Waals surface area contributed by atoms with Crippen LogP contribution in [-0.2, 0) is 0 Å². The molecule has 1 saturated carbocycles. The van der Waals surface area contributed by atoms with Gasteiger partial charge in [-0.2, -0.15) is 0 Å². The highest BCUT2D eigenvalue weighted by atomic mass is 19.1. The number of nitrogens with zero attached hydrogens (tertiary/aromatic N) is 2. The van der Waals surface area contributed by atoms with E-state index in [1.54, 1.807) is 6.07 Å². The lowest BCUT2D eigenvalue weighted by Gasteiger charge is -2.26. The van der Waals surface area contributed by atoms with Crippen molar-refractivity contribution < 1.29 is 14.3 Å². The van der Waals surface area contributed by atoms with Gasteiger partial charge in [-0.15, -0.1) is 0 Å². The molecule has 1 aromatic carbocycles. The molecule has 0 bridgehead atoms. The van der Waals surface area contributed by atoms with E-state index in [4.69, 9.17) is 0 Å². The lowest BCUT2D eigenvalue weighted by molar-refractivity contribution is 0.0695. The summed E-state index contributed by atoms with van der Waals surface area (Å²) in [5.74, 6) is -1.80. The third kappa shape index (κ3) is 3.69. The summed E-state index contributed by atoms with van der Waals surface area (Å²) in [6.45, 7) is 3.65. The Labute approximate surface area is 156 Å². The third-order valence-corrected chi connectivity index (χ3v) is 5.48. The Morgan fingerprint density at radius 1 is 1.22 bits per heavy atom. The van der Waals surface area contributed by atoms with Gasteiger partial charge >= 0.3 is 5.97 Å². The number of benzene rings is 1. The number of hydrogen-bond acceptors (Lipinski definition) is 4. The quantitative estimate of drug-likeness (QED) is 0.814. The minimum Gasteiger partial charge on any atom is -0.477 e. The predicted molar refractivity (Wildman–Crippen MR) is 102 cm³/mol. The third-order valence-electron chi connectivity index (χ3n) is 5.48. The number of carboxylic acid groups (broad SMARTS) is 1. The Hall–Kier alpha value is -2.41. The molecule has 0 radical (unpaired) electrons. The number of pyridine rings is 1. The summed E-state index contributed by atoms with van der Waals surface area (Å²) < 4.78 is 16.4. The zero-order valence-corrected chi connectivity index (χ0v) is 15.2. The van der Waals surface area contributed by atoms with Gasteiger partial charge in [-0.05, 0) is 50.9 Å². The van der Waals surface area contributed by atoms with Crippen LogP contribution in [0.15, 0.2) is 23.1 Å². The van der Waals surface area contributed by atoms with E-state index in [0.29, 0.717) is 17.7 Å². The highest BCUT2D eigenvalue weighted by Crippen LogP contribution is 2.37. The Morgan fingerprint density at radius 3 is 2.63 bits per heavy atom. The Bertz CT molecular complexity index is 930. The zero-order chi connectivity index (χ0) is 19.0. The standard InChI is InChI=1S/C20H24FN3O3/c21-16-10-14-18(11-17(16)22-6-9-23-7-2-1-3-8-23)24(13-4-5-13)12-15(19(14)25)20(26)27/h10-13,22H,1-9H2,(H,26,27). The number of anilines is 1. The van der Waals surface area contributed by atoms with Crippen LogP contribution in [0, 0.1) is 5.82 Å². The first kappa shape index (κ1) is 18.0. The maximum Gasteiger partial charge on any atom is 0.341 e. The number of aromatic nitrogens is 1. The summed E-state index contributed by atoms with van der Waals surface area (Å²) in [4.78, 5) is 26.2. The molecule has 1 aromatic heterocycles. The van der Waals surface area contributed by atoms with E-state index < -0.39 is 17.2 Å². The highest BCUT2D eigenvalue weighted by molar-refractivity contribution is 5.93. The number of piperidine rings is 1. The topological polar surface area (TPSA) is 74.6 Å². The van der Waals surface area contributed by atoms with Crippen LogP contribution in [0.5, 0.6) is 0 Å². The second-order valence-electron chi connectivity index (χ2n) is 7.49. The smallest absolute Gasteiger partial charge is 0.341 e. The van der Waals surface area contributed by atoms with Crippen molar-refractivity contribution in [1.29, 1.82) is 0 Å². The first-order chi connectivity index (χ1) is 13.0. The molecule has 4 rings (SSSR count). The summed E-state index contributed by atoms with van der Waals surface area (Å²) in [6.07, 6.45) is 6.98. The average molecular weight is 373 g/mol. The minimum absolute atomic E-state index is 0.126. The molecule has 2 aliphatic rings. The number of carbonyl (C=O) groups is 1. The normalized spacial score (nSPS) is 18.0. The second-order valence-corrected chi connectivity index (χ2v) is 7.49. The Kier molecular flexibility index (Phi) is 4.86. The van der Waals surface area contributed by atoms with Crippen LogP contribution in [0.25, 0.3) is 10.9 Å². The van der Waals surface area contributed by atoms with E-state index in [2.05, 4.69) is 10.2 Å². The van der Waals surface area contributed by atoms with Crippen molar-refractivity contribution in [2.45, 2.75) is 38.1 Å². The van der Waals surface area contributed by atoms with Gasteiger partial charge in [-0.1, -0.05) is 6.42 Å². The zero-order valence-electron chi connectivity index (χ0n) is 15.2. The number of carboxylic acids is 1. The van der Waals surface area contributed by atoms with Crippen LogP contribution in [0.1, 0.15) is 48.5 Å². The van der Waals surface area contributed by atoms with Gasteiger partial charge < -0.3 is 19.9 Å². The van der Waals surface area contributed by atoms with Crippen molar-refractivity contribution in [3.8, 4) is 0 Å². The maximum absolute atomic E-state index is 14.6. The van der Waals surface area contributed by atoms with Gasteiger partial charge in [0.1, 0.15) is 11.4 Å². The van der Waals surface area contributed by atoms with Gasteiger partial charge in [0.05, 0.1) is 11.2 Å². The van der Waals surface area contributed by atoms with Crippen LogP contribution in [0.2, 0.25) is 0 Å². The van der Waals surface area contributed by atoms with E-state index in [9.17, 15) is 19.1 Å². The van der Waals surface area contributed by atoms with Crippen LogP contribution in [0.4, 0.5) is 10.1 Å². The number of rotatable bonds is 6. The number of aromatic carboxylic acids is 1. The molecule has 2 heterocycles. The SMILES string of the molecule is O=C(O)c1cn(C2CC2)c2cc(NCCN3CCCCC3)c(F)cc2c1=O. The van der Waals surface area contributed by atoms with Crippen molar-refractivity contribution in [3.63, 3.8) is 0 Å². The van der Waals surface area contributed by atoms with E-state index in [1.807, 2.05) is 4.57 Å². The molecule has 0 unspecified atom stereocenters. The molecule has 1 aliphatic heterocycles. The number of nitrogens with one attached hydrogen (secondary N) is 1. The van der Waals surface area contributed by atoms with E-state index in [0.717, 1.165) is 32.5 Å². The van der Waals surface area contributed by atoms with Crippen molar-refractivity contribution >= 4 is 22.6 Å². The fraction of sp³-hybridized carbons (Fsp3) is 0.500. The lowest BCUT2D eigenvalue weighted by atomic mass is 10.1. The molecule has 1 saturated heterocycles. The molecular weight excluding hydrogens is 349 g/mol. The van der Waals surface area contributed by atoms with Crippen LogP contribution in [0.3, 0.4) is 0 Å².